The van der Waals surface area contributed by atoms with Crippen molar-refractivity contribution in [1.82, 2.24) is 0 Å². The summed E-state index contributed by atoms with van der Waals surface area (Å²) in [4.78, 5) is 11.1. The second-order valence-electron chi connectivity index (χ2n) is 3.28. The van der Waals surface area contributed by atoms with Crippen LogP contribution >= 0.6 is 0 Å². The molecule has 88 valence electrons. The molecule has 0 heterocycles. The molecular weight excluding hydrogens is 215 g/mol. The van der Waals surface area contributed by atoms with Crippen molar-refractivity contribution in [2.45, 2.75) is 13.0 Å². The van der Waals surface area contributed by atoms with Crippen molar-refractivity contribution in [2.75, 3.05) is 14.2 Å². The van der Waals surface area contributed by atoms with Crippen LogP contribution in [-0.2, 0) is 9.53 Å². The maximum absolute atomic E-state index is 13.5. The van der Waals surface area contributed by atoms with Gasteiger partial charge in [0.1, 0.15) is 0 Å². The predicted octanol–water partition coefficient (Wildman–Crippen LogP) is 1.35. The molecule has 1 rings (SSSR count). The van der Waals surface area contributed by atoms with E-state index in [-0.39, 0.29) is 11.3 Å². The lowest BCUT2D eigenvalue weighted by Crippen LogP contribution is -2.14. The Bertz CT molecular complexity index is 380. The van der Waals surface area contributed by atoms with E-state index < -0.39 is 17.9 Å². The Labute approximate surface area is 92.6 Å². The third-order valence-corrected chi connectivity index (χ3v) is 2.20. The van der Waals surface area contributed by atoms with Crippen LogP contribution in [0.2, 0.25) is 0 Å². The number of hydrogen-bond donors (Lipinski definition) is 1. The lowest BCUT2D eigenvalue weighted by atomic mass is 10.1. The molecule has 0 aliphatic heterocycles. The highest BCUT2D eigenvalue weighted by Crippen LogP contribution is 2.26. The number of carbonyl (C=O) groups is 1. The highest BCUT2D eigenvalue weighted by molar-refractivity contribution is 5.76. The SMILES string of the molecule is COC(=O)C(O)c1cc(C)c(OC)c(F)c1. The molecule has 16 heavy (non-hydrogen) atoms. The molecule has 0 amide bonds. The minimum Gasteiger partial charge on any atom is -0.493 e. The molecule has 0 fully saturated rings. The third kappa shape index (κ3) is 2.30. The third-order valence-electron chi connectivity index (χ3n) is 2.20. The second kappa shape index (κ2) is 4.94. The number of ether oxygens (including phenoxy) is 2. The summed E-state index contributed by atoms with van der Waals surface area (Å²) in [6, 6.07) is 2.52. The van der Waals surface area contributed by atoms with E-state index >= 15 is 0 Å². The van der Waals surface area contributed by atoms with Gasteiger partial charge < -0.3 is 14.6 Å². The maximum Gasteiger partial charge on any atom is 0.339 e. The second-order valence-corrected chi connectivity index (χ2v) is 3.28. The number of methoxy groups -OCH3 is 2. The summed E-state index contributed by atoms with van der Waals surface area (Å²) in [6.45, 7) is 1.62. The molecule has 4 nitrogen and oxygen atoms in total. The summed E-state index contributed by atoms with van der Waals surface area (Å²) in [5.41, 5.74) is 0.642. The van der Waals surface area contributed by atoms with Gasteiger partial charge in [0, 0.05) is 0 Å². The predicted molar refractivity (Wildman–Crippen MR) is 54.7 cm³/mol. The zero-order valence-electron chi connectivity index (χ0n) is 9.28. The number of hydrogen-bond acceptors (Lipinski definition) is 4. The average molecular weight is 228 g/mol. The minimum absolute atomic E-state index is 0.0980. The van der Waals surface area contributed by atoms with Crippen molar-refractivity contribution in [2.24, 2.45) is 0 Å². The van der Waals surface area contributed by atoms with E-state index in [1.54, 1.807) is 6.92 Å². The Kier molecular flexibility index (Phi) is 3.84. The van der Waals surface area contributed by atoms with Gasteiger partial charge in [-0.3, -0.25) is 0 Å². The summed E-state index contributed by atoms with van der Waals surface area (Å²) in [6.07, 6.45) is -1.48. The van der Waals surface area contributed by atoms with Crippen molar-refractivity contribution in [3.63, 3.8) is 0 Å². The zero-order valence-corrected chi connectivity index (χ0v) is 9.28. The van der Waals surface area contributed by atoms with Crippen molar-refractivity contribution in [1.29, 1.82) is 0 Å². The molecule has 0 saturated heterocycles. The van der Waals surface area contributed by atoms with Crippen LogP contribution in [0.15, 0.2) is 12.1 Å². The van der Waals surface area contributed by atoms with Gasteiger partial charge in [-0.25, -0.2) is 9.18 Å². The van der Waals surface area contributed by atoms with Gasteiger partial charge in [0.15, 0.2) is 17.7 Å². The van der Waals surface area contributed by atoms with Crippen LogP contribution in [0.4, 0.5) is 4.39 Å². The lowest BCUT2D eigenvalue weighted by Gasteiger charge is -2.12. The summed E-state index contributed by atoms with van der Waals surface area (Å²) in [5.74, 6) is -1.36. The van der Waals surface area contributed by atoms with Gasteiger partial charge in [-0.2, -0.15) is 0 Å². The number of aliphatic hydroxyl groups is 1. The molecule has 1 aromatic carbocycles. The van der Waals surface area contributed by atoms with E-state index in [9.17, 15) is 14.3 Å². The first kappa shape index (κ1) is 12.4. The number of benzene rings is 1. The van der Waals surface area contributed by atoms with Gasteiger partial charge in [-0.15, -0.1) is 0 Å². The first-order chi connectivity index (χ1) is 7.51. The summed E-state index contributed by atoms with van der Waals surface area (Å²) < 4.78 is 22.6. The largest absolute Gasteiger partial charge is 0.493 e. The number of aliphatic hydroxyl groups excluding tert-OH is 1. The topological polar surface area (TPSA) is 55.8 Å². The number of rotatable bonds is 3. The molecule has 1 N–H and O–H groups in total. The molecule has 1 atom stereocenters. The van der Waals surface area contributed by atoms with Crippen LogP contribution in [0.5, 0.6) is 5.75 Å². The van der Waals surface area contributed by atoms with Crippen LogP contribution in [0.1, 0.15) is 17.2 Å². The molecular formula is C11H13FO4. The number of aryl methyl sites for hydroxylation is 1. The van der Waals surface area contributed by atoms with Crippen LogP contribution in [-0.4, -0.2) is 25.3 Å². The first-order valence-corrected chi connectivity index (χ1v) is 4.61. The summed E-state index contributed by atoms with van der Waals surface area (Å²) in [7, 11) is 2.50. The Balaban J connectivity index is 3.13. The molecule has 0 radical (unpaired) electrons. The monoisotopic (exact) mass is 228 g/mol. The number of halogens is 1. The van der Waals surface area contributed by atoms with Gasteiger partial charge in [0.2, 0.25) is 0 Å². The van der Waals surface area contributed by atoms with Gasteiger partial charge in [0.05, 0.1) is 14.2 Å². The molecule has 0 spiro atoms. The van der Waals surface area contributed by atoms with E-state index in [0.29, 0.717) is 5.56 Å². The van der Waals surface area contributed by atoms with Crippen LogP contribution in [0.3, 0.4) is 0 Å². The van der Waals surface area contributed by atoms with E-state index in [2.05, 4.69) is 4.74 Å². The molecule has 1 aromatic rings. The normalized spacial score (nSPS) is 12.1. The first-order valence-electron chi connectivity index (χ1n) is 4.61. The molecule has 0 bridgehead atoms. The number of carbonyl (C=O) groups excluding carboxylic acids is 1. The fourth-order valence-corrected chi connectivity index (χ4v) is 1.42. The van der Waals surface area contributed by atoms with Crippen molar-refractivity contribution < 1.29 is 23.8 Å². The van der Waals surface area contributed by atoms with Crippen LogP contribution in [0, 0.1) is 12.7 Å². The van der Waals surface area contributed by atoms with Gasteiger partial charge in [-0.05, 0) is 30.2 Å². The summed E-state index contributed by atoms with van der Waals surface area (Å²) >= 11 is 0. The molecule has 1 unspecified atom stereocenters. The Morgan fingerprint density at radius 3 is 2.50 bits per heavy atom. The standard InChI is InChI=1S/C11H13FO4/c1-6-4-7(9(13)11(14)16-3)5-8(12)10(6)15-2/h4-5,9,13H,1-3H3. The lowest BCUT2D eigenvalue weighted by molar-refractivity contribution is -0.150. The van der Waals surface area contributed by atoms with E-state index in [1.165, 1.54) is 13.2 Å². The van der Waals surface area contributed by atoms with E-state index in [0.717, 1.165) is 13.2 Å². The van der Waals surface area contributed by atoms with Crippen molar-refractivity contribution in [3.05, 3.63) is 29.1 Å². The van der Waals surface area contributed by atoms with Crippen LogP contribution in [0.25, 0.3) is 0 Å². The Hall–Kier alpha value is -1.62. The molecule has 0 aliphatic carbocycles. The van der Waals surface area contributed by atoms with Crippen LogP contribution < -0.4 is 4.74 Å². The molecule has 0 aliphatic rings. The quantitative estimate of drug-likeness (QED) is 0.793. The highest BCUT2D eigenvalue weighted by atomic mass is 19.1. The highest BCUT2D eigenvalue weighted by Gasteiger charge is 2.20. The molecule has 5 heteroatoms. The minimum atomic E-state index is -1.48. The molecule has 0 aromatic heterocycles. The van der Waals surface area contributed by atoms with E-state index in [4.69, 9.17) is 4.74 Å². The average Bonchev–Trinajstić information content (AvgIpc) is 2.26. The maximum atomic E-state index is 13.5. The zero-order chi connectivity index (χ0) is 12.3. The fraction of sp³-hybridized carbons (Fsp3) is 0.364. The smallest absolute Gasteiger partial charge is 0.339 e. The van der Waals surface area contributed by atoms with Gasteiger partial charge in [0.25, 0.3) is 0 Å². The Morgan fingerprint density at radius 2 is 2.06 bits per heavy atom. The molecule has 0 saturated carbocycles. The van der Waals surface area contributed by atoms with Gasteiger partial charge >= 0.3 is 5.97 Å². The fourth-order valence-electron chi connectivity index (χ4n) is 1.42. The summed E-state index contributed by atoms with van der Waals surface area (Å²) in [5, 5.41) is 9.52. The number of esters is 1. The van der Waals surface area contributed by atoms with Gasteiger partial charge in [-0.1, -0.05) is 0 Å². The van der Waals surface area contributed by atoms with Crippen molar-refractivity contribution >= 4 is 5.97 Å². The van der Waals surface area contributed by atoms with E-state index in [1.807, 2.05) is 0 Å². The van der Waals surface area contributed by atoms with Crippen molar-refractivity contribution in [3.8, 4) is 5.75 Å². The Morgan fingerprint density at radius 1 is 1.44 bits per heavy atom.